The highest BCUT2D eigenvalue weighted by molar-refractivity contribution is 6.44. The van der Waals surface area contributed by atoms with E-state index < -0.39 is 17.7 Å². The number of pyridine rings is 1. The zero-order chi connectivity index (χ0) is 26.3. The Labute approximate surface area is 219 Å². The van der Waals surface area contributed by atoms with Crippen molar-refractivity contribution < 1.29 is 19.3 Å². The molecule has 0 atom stereocenters. The van der Waals surface area contributed by atoms with Crippen molar-refractivity contribution in [2.45, 2.75) is 33.2 Å². The van der Waals surface area contributed by atoms with Crippen molar-refractivity contribution >= 4 is 34.7 Å². The van der Waals surface area contributed by atoms with Crippen LogP contribution in [0, 0.1) is 6.92 Å². The van der Waals surface area contributed by atoms with Crippen molar-refractivity contribution in [2.75, 3.05) is 0 Å². The number of hydrogen-bond acceptors (Lipinski definition) is 4. The van der Waals surface area contributed by atoms with E-state index in [2.05, 4.69) is 5.10 Å². The Hall–Kier alpha value is -4.23. The van der Waals surface area contributed by atoms with E-state index >= 15 is 0 Å². The van der Waals surface area contributed by atoms with Gasteiger partial charge in [-0.3, -0.25) is 14.5 Å². The van der Waals surface area contributed by atoms with E-state index in [1.165, 1.54) is 9.58 Å². The Morgan fingerprint density at radius 1 is 0.973 bits per heavy atom. The number of aromatic nitrogens is 3. The number of aryl methyl sites for hydroxylation is 1. The highest BCUT2D eigenvalue weighted by atomic mass is 35.5. The highest BCUT2D eigenvalue weighted by Crippen LogP contribution is 2.39. The van der Waals surface area contributed by atoms with Crippen LogP contribution in [-0.2, 0) is 16.1 Å². The molecule has 0 saturated carbocycles. The van der Waals surface area contributed by atoms with Gasteiger partial charge in [-0.1, -0.05) is 55.8 Å². The second kappa shape index (κ2) is 9.67. The topological polar surface area (TPSA) is 82.1 Å². The largest absolute Gasteiger partial charge is 0.858 e. The molecule has 37 heavy (non-hydrogen) atoms. The Morgan fingerprint density at radius 2 is 1.68 bits per heavy atom. The summed E-state index contributed by atoms with van der Waals surface area (Å²) in [4.78, 5) is 28.9. The molecular weight excluding hydrogens is 488 g/mol. The van der Waals surface area contributed by atoms with Crippen LogP contribution < -0.4 is 9.67 Å². The standard InChI is InChI=1S/C29H25ClN4O3/c1-18(2)25-23(28(36)34(31-25)22-13-11-21(30)12-14-22)24-26(32-15-7-8-19(3)16-32)29(37)33(27(24)35)17-20-9-5-4-6-10-20/h4-16,18H,17H2,1-3H3. The molecule has 1 aliphatic rings. The molecule has 8 heteroatoms. The first kappa shape index (κ1) is 24.5. The van der Waals surface area contributed by atoms with Gasteiger partial charge in [-0.15, -0.1) is 0 Å². The van der Waals surface area contributed by atoms with Gasteiger partial charge in [0.05, 0.1) is 17.9 Å². The smallest absolute Gasteiger partial charge is 0.327 e. The van der Waals surface area contributed by atoms with Crippen molar-refractivity contribution in [2.24, 2.45) is 0 Å². The molecule has 2 amide bonds. The molecule has 3 heterocycles. The van der Waals surface area contributed by atoms with Crippen LogP contribution in [0.3, 0.4) is 0 Å². The van der Waals surface area contributed by atoms with Crippen LogP contribution in [0.1, 0.15) is 42.1 Å². The number of carbonyl (C=O) groups is 2. The van der Waals surface area contributed by atoms with Crippen LogP contribution in [-0.4, -0.2) is 26.5 Å². The summed E-state index contributed by atoms with van der Waals surface area (Å²) < 4.78 is 2.89. The van der Waals surface area contributed by atoms with Gasteiger partial charge >= 0.3 is 5.91 Å². The Morgan fingerprint density at radius 3 is 2.32 bits per heavy atom. The normalized spacial score (nSPS) is 13.8. The summed E-state index contributed by atoms with van der Waals surface area (Å²) in [5.41, 5.74) is 3.02. The van der Waals surface area contributed by atoms with Gasteiger partial charge in [0.15, 0.2) is 12.4 Å². The van der Waals surface area contributed by atoms with E-state index in [4.69, 9.17) is 11.6 Å². The molecule has 2 aromatic carbocycles. The van der Waals surface area contributed by atoms with Gasteiger partial charge in [0, 0.05) is 22.2 Å². The molecule has 0 spiro atoms. The lowest BCUT2D eigenvalue weighted by molar-refractivity contribution is -0.577. The first-order valence-electron chi connectivity index (χ1n) is 11.9. The third kappa shape index (κ3) is 4.42. The van der Waals surface area contributed by atoms with Gasteiger partial charge < -0.3 is 5.11 Å². The molecule has 0 radical (unpaired) electrons. The molecule has 7 nitrogen and oxygen atoms in total. The molecule has 0 fully saturated rings. The number of halogens is 1. The monoisotopic (exact) mass is 512 g/mol. The van der Waals surface area contributed by atoms with Gasteiger partial charge in [0.25, 0.3) is 11.6 Å². The summed E-state index contributed by atoms with van der Waals surface area (Å²) >= 11 is 6.04. The van der Waals surface area contributed by atoms with E-state index in [0.717, 1.165) is 11.1 Å². The Bertz CT molecular complexity index is 1540. The average molecular weight is 513 g/mol. The molecular formula is C29H25ClN4O3. The molecule has 0 aliphatic carbocycles. The molecule has 0 N–H and O–H groups in total. The number of rotatable bonds is 6. The number of benzene rings is 2. The minimum Gasteiger partial charge on any atom is -0.858 e. The lowest BCUT2D eigenvalue weighted by Crippen LogP contribution is -2.39. The summed E-state index contributed by atoms with van der Waals surface area (Å²) in [6, 6.07) is 19.7. The number of imide groups is 1. The molecule has 0 bridgehead atoms. The first-order valence-corrected chi connectivity index (χ1v) is 12.3. The predicted molar refractivity (Wildman–Crippen MR) is 139 cm³/mol. The highest BCUT2D eigenvalue weighted by Gasteiger charge is 2.47. The van der Waals surface area contributed by atoms with Gasteiger partial charge in [-0.2, -0.15) is 9.67 Å². The minimum absolute atomic E-state index is 0.0606. The zero-order valence-corrected chi connectivity index (χ0v) is 21.4. The SMILES string of the molecule is Cc1ccc[n+](C2=C(c3c(C(C)C)nn(-c4ccc(Cl)cc4)c3[O-])C(=O)N(Cc3ccccc3)C2=O)c1. The Balaban J connectivity index is 1.74. The quantitative estimate of drug-likeness (QED) is 0.285. The van der Waals surface area contributed by atoms with Crippen molar-refractivity contribution in [3.8, 4) is 11.6 Å². The summed E-state index contributed by atoms with van der Waals surface area (Å²) in [7, 11) is 0. The molecule has 5 rings (SSSR count). The van der Waals surface area contributed by atoms with E-state index in [1.807, 2.05) is 57.2 Å². The number of amides is 2. The van der Waals surface area contributed by atoms with Crippen LogP contribution in [0.2, 0.25) is 5.02 Å². The number of carbonyl (C=O) groups excluding carboxylic acids is 2. The van der Waals surface area contributed by atoms with Crippen LogP contribution in [0.5, 0.6) is 5.88 Å². The minimum atomic E-state index is -0.521. The van der Waals surface area contributed by atoms with Crippen LogP contribution in [0.4, 0.5) is 0 Å². The van der Waals surface area contributed by atoms with E-state index in [-0.39, 0.29) is 29.3 Å². The van der Waals surface area contributed by atoms with E-state index in [0.29, 0.717) is 16.4 Å². The third-order valence-corrected chi connectivity index (χ3v) is 6.52. The van der Waals surface area contributed by atoms with Gasteiger partial charge in [0.2, 0.25) is 0 Å². The van der Waals surface area contributed by atoms with E-state index in [9.17, 15) is 14.7 Å². The lowest BCUT2D eigenvalue weighted by Gasteiger charge is -2.16. The van der Waals surface area contributed by atoms with Crippen molar-refractivity contribution in [3.63, 3.8) is 0 Å². The maximum absolute atomic E-state index is 13.9. The third-order valence-electron chi connectivity index (χ3n) is 6.27. The fourth-order valence-corrected chi connectivity index (χ4v) is 4.61. The summed E-state index contributed by atoms with van der Waals surface area (Å²) in [5.74, 6) is -1.63. The second-order valence-corrected chi connectivity index (χ2v) is 9.74. The maximum Gasteiger partial charge on any atom is 0.327 e. The van der Waals surface area contributed by atoms with Crippen LogP contribution in [0.15, 0.2) is 79.1 Å². The van der Waals surface area contributed by atoms with Crippen molar-refractivity contribution in [1.29, 1.82) is 0 Å². The fraction of sp³-hybridized carbons (Fsp3) is 0.172. The Kier molecular flexibility index (Phi) is 6.39. The first-order chi connectivity index (χ1) is 17.8. The zero-order valence-electron chi connectivity index (χ0n) is 20.7. The number of hydrogen-bond donors (Lipinski definition) is 0. The fourth-order valence-electron chi connectivity index (χ4n) is 4.48. The van der Waals surface area contributed by atoms with Crippen LogP contribution in [0.25, 0.3) is 17.0 Å². The average Bonchev–Trinajstić information content (AvgIpc) is 3.34. The summed E-state index contributed by atoms with van der Waals surface area (Å²) in [6.45, 7) is 5.80. The molecule has 0 unspecified atom stereocenters. The lowest BCUT2D eigenvalue weighted by atomic mass is 9.98. The van der Waals surface area contributed by atoms with E-state index in [1.54, 1.807) is 47.3 Å². The van der Waals surface area contributed by atoms with Crippen LogP contribution >= 0.6 is 11.6 Å². The van der Waals surface area contributed by atoms with Gasteiger partial charge in [-0.25, -0.2) is 4.68 Å². The molecule has 1 aliphatic heterocycles. The number of nitrogens with zero attached hydrogens (tertiary/aromatic N) is 4. The predicted octanol–water partition coefficient (Wildman–Crippen LogP) is 4.26. The van der Waals surface area contributed by atoms with Gasteiger partial charge in [0.1, 0.15) is 5.57 Å². The van der Waals surface area contributed by atoms with Gasteiger partial charge in [-0.05, 0) is 54.6 Å². The molecule has 186 valence electrons. The second-order valence-electron chi connectivity index (χ2n) is 9.30. The molecule has 2 aromatic heterocycles. The summed E-state index contributed by atoms with van der Waals surface area (Å²) in [5, 5.41) is 19.0. The molecule has 4 aromatic rings. The maximum atomic E-state index is 13.9. The van der Waals surface area contributed by atoms with Crippen molar-refractivity contribution in [1.82, 2.24) is 14.7 Å². The van der Waals surface area contributed by atoms with Crippen molar-refractivity contribution in [3.05, 3.63) is 107 Å². The summed E-state index contributed by atoms with van der Waals surface area (Å²) in [6.07, 6.45) is 3.48. The molecule has 0 saturated heterocycles.